The van der Waals surface area contributed by atoms with Gasteiger partial charge in [-0.05, 0) is 38.7 Å². The number of rotatable bonds is 2. The summed E-state index contributed by atoms with van der Waals surface area (Å²) in [7, 11) is 0. The summed E-state index contributed by atoms with van der Waals surface area (Å²) >= 11 is 0. The fourth-order valence-electron chi connectivity index (χ4n) is 2.23. The van der Waals surface area contributed by atoms with Crippen LogP contribution in [0.3, 0.4) is 0 Å². The second-order valence-corrected chi connectivity index (χ2v) is 3.87. The van der Waals surface area contributed by atoms with E-state index in [0.717, 1.165) is 36.1 Å². The quantitative estimate of drug-likeness (QED) is 0.801. The van der Waals surface area contributed by atoms with Crippen LogP contribution in [-0.2, 0) is 11.2 Å². The highest BCUT2D eigenvalue weighted by Gasteiger charge is 2.25. The van der Waals surface area contributed by atoms with Crippen LogP contribution in [0.15, 0.2) is 4.79 Å². The van der Waals surface area contributed by atoms with Crippen molar-refractivity contribution in [2.45, 2.75) is 39.2 Å². The van der Waals surface area contributed by atoms with E-state index in [-0.39, 0.29) is 11.7 Å². The predicted molar refractivity (Wildman–Crippen MR) is 56.9 cm³/mol. The monoisotopic (exact) mass is 208 g/mol. The number of hydrogen-bond acceptors (Lipinski definition) is 3. The highest BCUT2D eigenvalue weighted by molar-refractivity contribution is 5.31. The number of aromatic nitrogens is 2. The van der Waals surface area contributed by atoms with Crippen molar-refractivity contribution in [2.75, 3.05) is 6.61 Å². The van der Waals surface area contributed by atoms with Gasteiger partial charge in [0.1, 0.15) is 0 Å². The SMILES string of the molecule is CCOC1CCCc2c(C)n[nH]c(=O)c21. The topological polar surface area (TPSA) is 55.0 Å². The third-order valence-electron chi connectivity index (χ3n) is 2.91. The lowest BCUT2D eigenvalue weighted by Crippen LogP contribution is -2.26. The lowest BCUT2D eigenvalue weighted by atomic mass is 9.90. The number of aromatic amines is 1. The van der Waals surface area contributed by atoms with Crippen molar-refractivity contribution in [1.82, 2.24) is 10.2 Å². The van der Waals surface area contributed by atoms with E-state index in [1.807, 2.05) is 13.8 Å². The highest BCUT2D eigenvalue weighted by atomic mass is 16.5. The first-order valence-electron chi connectivity index (χ1n) is 5.43. The molecule has 1 heterocycles. The van der Waals surface area contributed by atoms with E-state index in [4.69, 9.17) is 4.74 Å². The minimum absolute atomic E-state index is 0.0378. The zero-order valence-electron chi connectivity index (χ0n) is 9.17. The molecule has 0 saturated carbocycles. The molecule has 1 aliphatic carbocycles. The molecule has 1 aromatic heterocycles. The molecule has 0 aliphatic heterocycles. The van der Waals surface area contributed by atoms with Crippen LogP contribution in [0.5, 0.6) is 0 Å². The highest BCUT2D eigenvalue weighted by Crippen LogP contribution is 2.30. The maximum Gasteiger partial charge on any atom is 0.270 e. The van der Waals surface area contributed by atoms with E-state index < -0.39 is 0 Å². The van der Waals surface area contributed by atoms with Crippen LogP contribution < -0.4 is 5.56 Å². The molecule has 1 unspecified atom stereocenters. The Labute approximate surface area is 88.7 Å². The lowest BCUT2D eigenvalue weighted by Gasteiger charge is -2.24. The Balaban J connectivity index is 2.50. The molecule has 1 N–H and O–H groups in total. The average molecular weight is 208 g/mol. The van der Waals surface area contributed by atoms with Gasteiger partial charge >= 0.3 is 0 Å². The van der Waals surface area contributed by atoms with E-state index >= 15 is 0 Å². The molecule has 0 bridgehead atoms. The van der Waals surface area contributed by atoms with Gasteiger partial charge in [-0.25, -0.2) is 5.10 Å². The molecule has 0 aromatic carbocycles. The largest absolute Gasteiger partial charge is 0.374 e. The van der Waals surface area contributed by atoms with Crippen LogP contribution in [0, 0.1) is 6.92 Å². The maximum atomic E-state index is 11.7. The summed E-state index contributed by atoms with van der Waals surface area (Å²) in [6.07, 6.45) is 2.92. The van der Waals surface area contributed by atoms with Crippen LogP contribution >= 0.6 is 0 Å². The predicted octanol–water partition coefficient (Wildman–Crippen LogP) is 1.49. The molecule has 1 atom stereocenters. The van der Waals surface area contributed by atoms with E-state index in [1.165, 1.54) is 0 Å². The first kappa shape index (κ1) is 10.4. The summed E-state index contributed by atoms with van der Waals surface area (Å²) in [5, 5.41) is 6.52. The smallest absolute Gasteiger partial charge is 0.270 e. The number of ether oxygens (including phenoxy) is 1. The molecule has 2 rings (SSSR count). The number of aryl methyl sites for hydroxylation is 1. The molecule has 0 amide bonds. The Morgan fingerprint density at radius 1 is 1.60 bits per heavy atom. The Kier molecular flexibility index (Phi) is 2.86. The molecule has 0 spiro atoms. The summed E-state index contributed by atoms with van der Waals surface area (Å²) in [5.41, 5.74) is 2.72. The van der Waals surface area contributed by atoms with Crippen molar-refractivity contribution >= 4 is 0 Å². The van der Waals surface area contributed by atoms with Gasteiger partial charge < -0.3 is 4.74 Å². The van der Waals surface area contributed by atoms with Crippen molar-refractivity contribution in [3.05, 3.63) is 27.2 Å². The molecule has 82 valence electrons. The molecule has 0 saturated heterocycles. The molecular weight excluding hydrogens is 192 g/mol. The van der Waals surface area contributed by atoms with Crippen LogP contribution in [-0.4, -0.2) is 16.8 Å². The molecule has 1 aromatic rings. The van der Waals surface area contributed by atoms with Crippen molar-refractivity contribution < 1.29 is 4.74 Å². The summed E-state index contributed by atoms with van der Waals surface area (Å²) < 4.78 is 5.60. The summed E-state index contributed by atoms with van der Waals surface area (Å²) in [6.45, 7) is 4.53. The van der Waals surface area contributed by atoms with Crippen molar-refractivity contribution in [1.29, 1.82) is 0 Å². The van der Waals surface area contributed by atoms with E-state index in [0.29, 0.717) is 6.61 Å². The van der Waals surface area contributed by atoms with E-state index in [2.05, 4.69) is 10.2 Å². The normalized spacial score (nSPS) is 20.0. The first-order chi connectivity index (χ1) is 7.24. The van der Waals surface area contributed by atoms with Crippen LogP contribution in [0.4, 0.5) is 0 Å². The van der Waals surface area contributed by atoms with Crippen molar-refractivity contribution in [3.8, 4) is 0 Å². The number of nitrogens with zero attached hydrogens (tertiary/aromatic N) is 1. The fraction of sp³-hybridized carbons (Fsp3) is 0.636. The standard InChI is InChI=1S/C11H16N2O2/c1-3-15-9-6-4-5-8-7(2)12-13-11(14)10(8)9/h9H,3-6H2,1-2H3,(H,13,14). The molecule has 0 radical (unpaired) electrons. The zero-order chi connectivity index (χ0) is 10.8. The van der Waals surface area contributed by atoms with Gasteiger partial charge in [-0.1, -0.05) is 0 Å². The number of hydrogen-bond donors (Lipinski definition) is 1. The Bertz CT molecular complexity index is 412. The molecule has 1 aliphatic rings. The van der Waals surface area contributed by atoms with Gasteiger partial charge in [-0.2, -0.15) is 5.10 Å². The zero-order valence-corrected chi connectivity index (χ0v) is 9.17. The van der Waals surface area contributed by atoms with E-state index in [9.17, 15) is 4.79 Å². The minimum atomic E-state index is -0.0891. The summed E-state index contributed by atoms with van der Waals surface area (Å²) in [5.74, 6) is 0. The fourth-order valence-corrected chi connectivity index (χ4v) is 2.23. The third-order valence-corrected chi connectivity index (χ3v) is 2.91. The number of nitrogens with one attached hydrogen (secondary N) is 1. The summed E-state index contributed by atoms with van der Waals surface area (Å²) in [6, 6.07) is 0. The van der Waals surface area contributed by atoms with Crippen LogP contribution in [0.1, 0.15) is 42.7 Å². The maximum absolute atomic E-state index is 11.7. The van der Waals surface area contributed by atoms with Crippen LogP contribution in [0.25, 0.3) is 0 Å². The molecule has 15 heavy (non-hydrogen) atoms. The van der Waals surface area contributed by atoms with Gasteiger partial charge in [0.15, 0.2) is 0 Å². The third kappa shape index (κ3) is 1.81. The van der Waals surface area contributed by atoms with Crippen LogP contribution in [0.2, 0.25) is 0 Å². The Hall–Kier alpha value is -1.16. The molecule has 4 heteroatoms. The minimum Gasteiger partial charge on any atom is -0.374 e. The van der Waals surface area contributed by atoms with Gasteiger partial charge in [0.2, 0.25) is 0 Å². The lowest BCUT2D eigenvalue weighted by molar-refractivity contribution is 0.0486. The van der Waals surface area contributed by atoms with Gasteiger partial charge in [-0.3, -0.25) is 4.79 Å². The Morgan fingerprint density at radius 2 is 2.40 bits per heavy atom. The summed E-state index contributed by atoms with van der Waals surface area (Å²) in [4.78, 5) is 11.7. The van der Waals surface area contributed by atoms with Gasteiger partial charge in [0.25, 0.3) is 5.56 Å². The van der Waals surface area contributed by atoms with Gasteiger partial charge in [-0.15, -0.1) is 0 Å². The molecule has 4 nitrogen and oxygen atoms in total. The average Bonchev–Trinajstić information content (AvgIpc) is 2.24. The Morgan fingerprint density at radius 3 is 3.13 bits per heavy atom. The number of fused-ring (bicyclic) bond motifs is 1. The van der Waals surface area contributed by atoms with Gasteiger partial charge in [0.05, 0.1) is 17.4 Å². The van der Waals surface area contributed by atoms with Gasteiger partial charge in [0, 0.05) is 6.61 Å². The number of H-pyrrole nitrogens is 1. The van der Waals surface area contributed by atoms with Crippen molar-refractivity contribution in [2.24, 2.45) is 0 Å². The molecule has 0 fully saturated rings. The van der Waals surface area contributed by atoms with Crippen molar-refractivity contribution in [3.63, 3.8) is 0 Å². The van der Waals surface area contributed by atoms with E-state index in [1.54, 1.807) is 0 Å². The molecular formula is C11H16N2O2. The second-order valence-electron chi connectivity index (χ2n) is 3.87. The second kappa shape index (κ2) is 4.14. The first-order valence-corrected chi connectivity index (χ1v) is 5.43.